The lowest BCUT2D eigenvalue weighted by Gasteiger charge is -2.57. The second-order valence-electron chi connectivity index (χ2n) is 21.3. The Morgan fingerprint density at radius 1 is 0.347 bits per heavy atom. The maximum absolute atomic E-state index is 6.68. The van der Waals surface area contributed by atoms with Crippen LogP contribution in [0.1, 0.15) is 66.3 Å². The molecule has 4 bridgehead atoms. The molecular weight excluding hydrogens is 875 g/mol. The molecule has 0 saturated heterocycles. The van der Waals surface area contributed by atoms with Crippen molar-refractivity contribution in [2.45, 2.75) is 49.4 Å². The molecule has 0 atom stereocenters. The summed E-state index contributed by atoms with van der Waals surface area (Å²) in [4.78, 5) is 16.4. The third kappa shape index (κ3) is 6.47. The van der Waals surface area contributed by atoms with Crippen LogP contribution in [0, 0.1) is 17.8 Å². The zero-order valence-corrected chi connectivity index (χ0v) is 40.0. The van der Waals surface area contributed by atoms with Crippen LogP contribution in [0.5, 0.6) is 0 Å². The molecule has 0 unspecified atom stereocenters. The average Bonchev–Trinajstić information content (AvgIpc) is 3.97. The average molecular weight is 926 g/mol. The minimum atomic E-state index is -0.513. The lowest BCUT2D eigenvalue weighted by Crippen LogP contribution is -2.48. The first-order valence-electron chi connectivity index (χ1n) is 25.9. The Labute approximate surface area is 420 Å². The van der Waals surface area contributed by atoms with Gasteiger partial charge < -0.3 is 4.42 Å². The van der Waals surface area contributed by atoms with Gasteiger partial charge in [0.25, 0.3) is 0 Å². The molecule has 0 N–H and O–H groups in total. The van der Waals surface area contributed by atoms with Crippen LogP contribution >= 0.6 is 0 Å². The van der Waals surface area contributed by atoms with E-state index in [0.29, 0.717) is 22.9 Å². The van der Waals surface area contributed by atoms with Crippen molar-refractivity contribution in [1.82, 2.24) is 15.0 Å². The highest BCUT2D eigenvalue weighted by Crippen LogP contribution is 2.61. The highest BCUT2D eigenvalue weighted by atomic mass is 16.3. The lowest BCUT2D eigenvalue weighted by molar-refractivity contribution is -0.00518. The highest BCUT2D eigenvalue weighted by molar-refractivity contribution is 6.09. The summed E-state index contributed by atoms with van der Waals surface area (Å²) >= 11 is 0. The summed E-state index contributed by atoms with van der Waals surface area (Å²) < 4.78 is 6.68. The predicted octanol–water partition coefficient (Wildman–Crippen LogP) is 16.9. The number of para-hydroxylation sites is 2. The molecule has 0 spiro atoms. The van der Waals surface area contributed by atoms with Gasteiger partial charge in [-0.1, -0.05) is 182 Å². The SMILES string of the molecule is c1ccc(-c2cc(-c3ccc(C45CC6CC(CC(C6)C4)C5)cc3)cc(-c3nc(-c4ccc5c(c4)-c4ccccc4C5(c4ccccc4)c4ccccc4)nc(-c4cccc5c4oc4ccccc45)n3)c2)cc1. The molecule has 0 amide bonds. The molecule has 0 aliphatic heterocycles. The lowest BCUT2D eigenvalue weighted by atomic mass is 9.48. The van der Waals surface area contributed by atoms with E-state index in [4.69, 9.17) is 19.4 Å². The predicted molar refractivity (Wildman–Crippen MR) is 291 cm³/mol. The molecular formula is C68H51N3O. The second-order valence-corrected chi connectivity index (χ2v) is 21.3. The summed E-state index contributed by atoms with van der Waals surface area (Å²) in [6.45, 7) is 0. The van der Waals surface area contributed by atoms with E-state index in [-0.39, 0.29) is 0 Å². The number of hydrogen-bond acceptors (Lipinski definition) is 4. The van der Waals surface area contributed by atoms with Crippen molar-refractivity contribution < 1.29 is 4.42 Å². The molecule has 11 aromatic rings. The monoisotopic (exact) mass is 925 g/mol. The molecule has 4 saturated carbocycles. The number of benzene rings is 9. The van der Waals surface area contributed by atoms with Gasteiger partial charge in [-0.25, -0.2) is 15.0 Å². The molecule has 16 rings (SSSR count). The number of aromatic nitrogens is 3. The smallest absolute Gasteiger partial charge is 0.167 e. The van der Waals surface area contributed by atoms with Crippen LogP contribution in [-0.2, 0) is 10.8 Å². The highest BCUT2D eigenvalue weighted by Gasteiger charge is 2.51. The van der Waals surface area contributed by atoms with E-state index >= 15 is 0 Å². The third-order valence-corrected chi connectivity index (χ3v) is 17.2. The van der Waals surface area contributed by atoms with Gasteiger partial charge in [0.05, 0.1) is 11.0 Å². The van der Waals surface area contributed by atoms with Crippen LogP contribution in [0.2, 0.25) is 0 Å². The molecule has 0 radical (unpaired) electrons. The molecule has 4 nitrogen and oxygen atoms in total. The maximum atomic E-state index is 6.68. The van der Waals surface area contributed by atoms with Crippen LogP contribution in [-0.4, -0.2) is 15.0 Å². The Hall–Kier alpha value is -8.21. The van der Waals surface area contributed by atoms with Gasteiger partial charge in [0.1, 0.15) is 11.2 Å². The van der Waals surface area contributed by atoms with E-state index in [2.05, 4.69) is 206 Å². The molecule has 72 heavy (non-hydrogen) atoms. The molecule has 2 aromatic heterocycles. The molecule has 4 fully saturated rings. The van der Waals surface area contributed by atoms with Crippen molar-refractivity contribution in [3.63, 3.8) is 0 Å². The van der Waals surface area contributed by atoms with Gasteiger partial charge in [-0.05, 0) is 159 Å². The molecule has 5 aliphatic rings. The standard InChI is InChI=1S/C68H51N3O/c1-4-15-46(16-5-1)49-36-50(47-27-30-52(31-28-47)67-40-43-33-44(41-67)35-45(34-43)42-67)38-51(37-49)65-69-64(70-66(71-65)58-24-14-23-57-56-22-11-13-26-62(56)72-63(57)58)48-29-32-61-59(39-48)55-21-10-12-25-60(55)68(61,53-17-6-2-7-18-53)54-19-8-3-9-20-54/h1-32,36-39,43-45H,33-35,40-42H2. The van der Waals surface area contributed by atoms with Gasteiger partial charge in [-0.15, -0.1) is 0 Å². The largest absolute Gasteiger partial charge is 0.455 e. The maximum Gasteiger partial charge on any atom is 0.167 e. The summed E-state index contributed by atoms with van der Waals surface area (Å²) in [7, 11) is 0. The number of rotatable bonds is 8. The van der Waals surface area contributed by atoms with Gasteiger partial charge in [0.2, 0.25) is 0 Å². The summed E-state index contributed by atoms with van der Waals surface area (Å²) in [5, 5.41) is 2.10. The topological polar surface area (TPSA) is 51.8 Å². The van der Waals surface area contributed by atoms with E-state index in [1.807, 2.05) is 12.1 Å². The molecule has 9 aromatic carbocycles. The van der Waals surface area contributed by atoms with Crippen LogP contribution < -0.4 is 0 Å². The Bertz CT molecular complexity index is 3820. The van der Waals surface area contributed by atoms with Crippen molar-refractivity contribution in [2.24, 2.45) is 17.8 Å². The summed E-state index contributed by atoms with van der Waals surface area (Å²) in [5.74, 6) is 4.48. The van der Waals surface area contributed by atoms with E-state index < -0.39 is 5.41 Å². The van der Waals surface area contributed by atoms with E-state index in [1.54, 1.807) is 0 Å². The summed E-state index contributed by atoms with van der Waals surface area (Å²) in [6, 6.07) is 79.4. The van der Waals surface area contributed by atoms with Crippen LogP contribution in [0.15, 0.2) is 223 Å². The molecule has 344 valence electrons. The number of furan rings is 1. The zero-order chi connectivity index (χ0) is 47.4. The quantitative estimate of drug-likeness (QED) is 0.152. The first-order chi connectivity index (χ1) is 35.6. The number of fused-ring (bicyclic) bond motifs is 6. The van der Waals surface area contributed by atoms with E-state index in [0.717, 1.165) is 73.1 Å². The van der Waals surface area contributed by atoms with Crippen molar-refractivity contribution >= 4 is 21.9 Å². The first-order valence-corrected chi connectivity index (χ1v) is 25.9. The van der Waals surface area contributed by atoms with Crippen LogP contribution in [0.25, 0.3) is 89.5 Å². The van der Waals surface area contributed by atoms with Crippen LogP contribution in [0.3, 0.4) is 0 Å². The normalized spacial score (nSPS) is 20.2. The van der Waals surface area contributed by atoms with Gasteiger partial charge in [0, 0.05) is 21.9 Å². The van der Waals surface area contributed by atoms with Crippen LogP contribution in [0.4, 0.5) is 0 Å². The van der Waals surface area contributed by atoms with Gasteiger partial charge >= 0.3 is 0 Å². The molecule has 4 heteroatoms. The Kier molecular flexibility index (Phi) is 9.33. The Morgan fingerprint density at radius 3 is 1.56 bits per heavy atom. The Balaban J connectivity index is 0.924. The van der Waals surface area contributed by atoms with E-state index in [1.165, 1.54) is 83.0 Å². The fourth-order valence-electron chi connectivity index (χ4n) is 14.5. The van der Waals surface area contributed by atoms with Crippen molar-refractivity contribution in [3.8, 4) is 67.5 Å². The van der Waals surface area contributed by atoms with Gasteiger partial charge in [-0.3, -0.25) is 0 Å². The van der Waals surface area contributed by atoms with E-state index in [9.17, 15) is 0 Å². The zero-order valence-electron chi connectivity index (χ0n) is 40.0. The van der Waals surface area contributed by atoms with Gasteiger partial charge in [0.15, 0.2) is 17.5 Å². The third-order valence-electron chi connectivity index (χ3n) is 17.2. The van der Waals surface area contributed by atoms with Gasteiger partial charge in [-0.2, -0.15) is 0 Å². The molecule has 5 aliphatic carbocycles. The Morgan fingerprint density at radius 2 is 0.861 bits per heavy atom. The summed E-state index contributed by atoms with van der Waals surface area (Å²) in [6.07, 6.45) is 8.41. The second kappa shape index (κ2) is 16.2. The van der Waals surface area contributed by atoms with Crippen molar-refractivity contribution in [3.05, 3.63) is 246 Å². The fourth-order valence-corrected chi connectivity index (χ4v) is 14.5. The summed E-state index contributed by atoms with van der Waals surface area (Å²) in [5.41, 5.74) is 17.6. The number of nitrogens with zero attached hydrogens (tertiary/aromatic N) is 3. The minimum Gasteiger partial charge on any atom is -0.455 e. The fraction of sp³-hybridized carbons (Fsp3) is 0.162. The van der Waals surface area contributed by atoms with Crippen molar-refractivity contribution in [1.29, 1.82) is 0 Å². The van der Waals surface area contributed by atoms with Crippen molar-refractivity contribution in [2.75, 3.05) is 0 Å². The minimum absolute atomic E-state index is 0.342. The number of hydrogen-bond donors (Lipinski definition) is 0. The first kappa shape index (κ1) is 41.6. The molecule has 2 heterocycles.